The Morgan fingerprint density at radius 3 is 2.54 bits per heavy atom. The quantitative estimate of drug-likeness (QED) is 0.755. The lowest BCUT2D eigenvalue weighted by Gasteiger charge is -2.27. The Hall–Kier alpha value is -2.30. The van der Waals surface area contributed by atoms with Gasteiger partial charge in [-0.3, -0.25) is 9.59 Å². The molecule has 5 nitrogen and oxygen atoms in total. The van der Waals surface area contributed by atoms with Gasteiger partial charge < -0.3 is 14.7 Å². The first-order valence-electron chi connectivity index (χ1n) is 9.30. The van der Waals surface area contributed by atoms with Gasteiger partial charge >= 0.3 is 0 Å². The molecule has 5 heteroatoms. The smallest absolute Gasteiger partial charge is 0.290 e. The number of hydrogen-bond donors (Lipinski definition) is 1. The van der Waals surface area contributed by atoms with Gasteiger partial charge in [0.05, 0.1) is 17.7 Å². The van der Waals surface area contributed by atoms with Gasteiger partial charge in [0.1, 0.15) is 5.75 Å². The third-order valence-corrected chi connectivity index (χ3v) is 4.21. The number of aliphatic hydroxyl groups excluding tert-OH is 1. The van der Waals surface area contributed by atoms with Gasteiger partial charge in [-0.2, -0.15) is 0 Å². The lowest BCUT2D eigenvalue weighted by Crippen LogP contribution is -2.32. The zero-order chi connectivity index (χ0) is 19.4. The zero-order valence-electron chi connectivity index (χ0n) is 16.3. The molecule has 0 fully saturated rings. The summed E-state index contributed by atoms with van der Waals surface area (Å²) < 4.78 is 5.76. The van der Waals surface area contributed by atoms with Crippen molar-refractivity contribution < 1.29 is 19.4 Å². The van der Waals surface area contributed by atoms with Crippen LogP contribution in [0.15, 0.2) is 35.6 Å². The highest BCUT2D eigenvalue weighted by molar-refractivity contribution is 6.09. The van der Waals surface area contributed by atoms with Crippen LogP contribution < -0.4 is 4.74 Å². The zero-order valence-corrected chi connectivity index (χ0v) is 16.3. The molecular weight excluding hydrogens is 330 g/mol. The van der Waals surface area contributed by atoms with E-state index in [4.69, 9.17) is 4.74 Å². The van der Waals surface area contributed by atoms with Crippen molar-refractivity contribution in [3.05, 3.63) is 41.2 Å². The van der Waals surface area contributed by atoms with E-state index in [1.54, 1.807) is 4.90 Å². The number of ether oxygens (including phenoxy) is 1. The van der Waals surface area contributed by atoms with Crippen molar-refractivity contribution in [2.24, 2.45) is 5.92 Å². The lowest BCUT2D eigenvalue weighted by atomic mass is 9.92. The van der Waals surface area contributed by atoms with E-state index in [0.717, 1.165) is 12.0 Å². The molecule has 0 saturated carbocycles. The highest BCUT2D eigenvalue weighted by atomic mass is 16.5. The highest BCUT2D eigenvalue weighted by Crippen LogP contribution is 2.39. The molecule has 1 aliphatic heterocycles. The molecule has 0 aliphatic carbocycles. The molecule has 1 aromatic carbocycles. The van der Waals surface area contributed by atoms with Gasteiger partial charge in [0.25, 0.3) is 5.91 Å². The van der Waals surface area contributed by atoms with Crippen molar-refractivity contribution in [3.8, 4) is 5.75 Å². The van der Waals surface area contributed by atoms with Gasteiger partial charge in [0.15, 0.2) is 11.5 Å². The first kappa shape index (κ1) is 20.0. The minimum atomic E-state index is -0.565. The van der Waals surface area contributed by atoms with E-state index in [0.29, 0.717) is 18.7 Å². The molecule has 1 heterocycles. The van der Waals surface area contributed by atoms with Gasteiger partial charge in [-0.25, -0.2) is 0 Å². The predicted molar refractivity (Wildman–Crippen MR) is 101 cm³/mol. The van der Waals surface area contributed by atoms with Gasteiger partial charge in [0.2, 0.25) is 0 Å². The predicted octanol–water partition coefficient (Wildman–Crippen LogP) is 4.19. The summed E-state index contributed by atoms with van der Waals surface area (Å²) >= 11 is 0. The molecule has 1 aliphatic rings. The van der Waals surface area contributed by atoms with E-state index in [-0.39, 0.29) is 23.4 Å². The number of carbonyl (C=O) groups excluding carboxylic acids is 2. The van der Waals surface area contributed by atoms with E-state index in [9.17, 15) is 14.7 Å². The summed E-state index contributed by atoms with van der Waals surface area (Å²) in [5.41, 5.74) is 0.986. The van der Waals surface area contributed by atoms with Crippen molar-refractivity contribution in [1.29, 1.82) is 0 Å². The summed E-state index contributed by atoms with van der Waals surface area (Å²) in [5, 5.41) is 10.4. The van der Waals surface area contributed by atoms with E-state index in [1.165, 1.54) is 0 Å². The van der Waals surface area contributed by atoms with Crippen molar-refractivity contribution in [1.82, 2.24) is 4.90 Å². The number of benzene rings is 1. The number of rotatable bonds is 8. The van der Waals surface area contributed by atoms with Crippen LogP contribution in [0.2, 0.25) is 0 Å². The molecule has 142 valence electrons. The number of nitrogens with zero attached hydrogens (tertiary/aromatic N) is 1. The Bertz CT molecular complexity index is 706. The van der Waals surface area contributed by atoms with Crippen LogP contribution >= 0.6 is 0 Å². The molecule has 0 bridgehead atoms. The Kier molecular flexibility index (Phi) is 6.46. The number of aliphatic hydroxyl groups is 1. The summed E-state index contributed by atoms with van der Waals surface area (Å²) in [6.07, 6.45) is 1.06. The number of ketones is 1. The highest BCUT2D eigenvalue weighted by Gasteiger charge is 2.42. The minimum Gasteiger partial charge on any atom is -0.503 e. The average Bonchev–Trinajstić information content (AvgIpc) is 2.79. The number of hydrogen-bond acceptors (Lipinski definition) is 4. The Morgan fingerprint density at radius 1 is 1.27 bits per heavy atom. The first-order valence-corrected chi connectivity index (χ1v) is 9.30. The number of Topliss-reactive ketones (excluding diaryl/α,β-unsaturated/α-hetero) is 1. The van der Waals surface area contributed by atoms with Crippen molar-refractivity contribution in [2.45, 2.75) is 59.6 Å². The van der Waals surface area contributed by atoms with Crippen molar-refractivity contribution in [2.75, 3.05) is 6.54 Å². The van der Waals surface area contributed by atoms with Gasteiger partial charge in [-0.15, -0.1) is 0 Å². The molecule has 2 rings (SSSR count). The molecule has 1 N–H and O–H groups in total. The molecule has 0 spiro atoms. The summed E-state index contributed by atoms with van der Waals surface area (Å²) in [7, 11) is 0. The number of amides is 1. The second-order valence-electron chi connectivity index (χ2n) is 7.42. The van der Waals surface area contributed by atoms with E-state index >= 15 is 0 Å². The molecule has 26 heavy (non-hydrogen) atoms. The fraction of sp³-hybridized carbons (Fsp3) is 0.524. The summed E-state index contributed by atoms with van der Waals surface area (Å²) in [6.45, 7) is 10.2. The molecule has 1 aromatic rings. The van der Waals surface area contributed by atoms with Crippen LogP contribution in [-0.2, 0) is 9.59 Å². The molecule has 1 amide bonds. The van der Waals surface area contributed by atoms with Crippen LogP contribution in [0.25, 0.3) is 0 Å². The topological polar surface area (TPSA) is 66.8 Å². The van der Waals surface area contributed by atoms with Gasteiger partial charge in [-0.1, -0.05) is 32.9 Å². The molecule has 0 saturated heterocycles. The summed E-state index contributed by atoms with van der Waals surface area (Å²) in [6, 6.07) is 6.85. The Balaban J connectivity index is 2.48. The third-order valence-electron chi connectivity index (χ3n) is 4.21. The van der Waals surface area contributed by atoms with Crippen LogP contribution in [0.5, 0.6) is 5.75 Å². The second-order valence-corrected chi connectivity index (χ2v) is 7.42. The van der Waals surface area contributed by atoms with Crippen LogP contribution in [0.4, 0.5) is 0 Å². The molecule has 0 aromatic heterocycles. The van der Waals surface area contributed by atoms with Crippen LogP contribution in [0.3, 0.4) is 0 Å². The summed E-state index contributed by atoms with van der Waals surface area (Å²) in [4.78, 5) is 26.9. The fourth-order valence-electron chi connectivity index (χ4n) is 3.27. The maximum Gasteiger partial charge on any atom is 0.290 e. The van der Waals surface area contributed by atoms with Crippen LogP contribution in [-0.4, -0.2) is 34.3 Å². The Morgan fingerprint density at radius 2 is 1.96 bits per heavy atom. The normalized spacial score (nSPS) is 17.6. The minimum absolute atomic E-state index is 0.0215. The molecule has 1 unspecified atom stereocenters. The largest absolute Gasteiger partial charge is 0.503 e. The van der Waals surface area contributed by atoms with Crippen LogP contribution in [0, 0.1) is 5.92 Å². The van der Waals surface area contributed by atoms with Crippen molar-refractivity contribution in [3.63, 3.8) is 0 Å². The van der Waals surface area contributed by atoms with Crippen LogP contribution in [0.1, 0.15) is 59.1 Å². The van der Waals surface area contributed by atoms with Gasteiger partial charge in [-0.05, 0) is 43.9 Å². The number of carbonyl (C=O) groups is 2. The van der Waals surface area contributed by atoms with E-state index < -0.39 is 17.7 Å². The molecule has 1 atom stereocenters. The summed E-state index contributed by atoms with van der Waals surface area (Å²) in [5.74, 6) is -0.231. The van der Waals surface area contributed by atoms with Gasteiger partial charge in [0, 0.05) is 13.0 Å². The Labute approximate surface area is 155 Å². The maximum absolute atomic E-state index is 12.8. The SMILES string of the molecule is CCCN1C(=O)C(O)=C(C(=O)CC(C)C)C1c1cccc(OC(C)C)c1. The molecular formula is C21H29NO4. The average molecular weight is 359 g/mol. The third kappa shape index (κ3) is 4.26. The van der Waals surface area contributed by atoms with E-state index in [1.807, 2.05) is 58.9 Å². The monoisotopic (exact) mass is 359 g/mol. The molecule has 0 radical (unpaired) electrons. The standard InChI is InChI=1S/C21H29NO4/c1-6-10-22-19(15-8-7-9-16(12-15)26-14(4)5)18(20(24)21(22)25)17(23)11-13(2)3/h7-9,12-14,19,24H,6,10-11H2,1-5H3. The maximum atomic E-state index is 12.8. The first-order chi connectivity index (χ1) is 12.3. The lowest BCUT2D eigenvalue weighted by molar-refractivity contribution is -0.129. The van der Waals surface area contributed by atoms with Crippen molar-refractivity contribution >= 4 is 11.7 Å². The fourth-order valence-corrected chi connectivity index (χ4v) is 3.27. The second kappa shape index (κ2) is 8.39. The van der Waals surface area contributed by atoms with E-state index in [2.05, 4.69) is 0 Å².